The van der Waals surface area contributed by atoms with E-state index in [0.717, 1.165) is 44.8 Å². The van der Waals surface area contributed by atoms with Gasteiger partial charge in [0, 0.05) is 44.8 Å². The van der Waals surface area contributed by atoms with Gasteiger partial charge in [0.2, 0.25) is 5.91 Å². The maximum Gasteiger partial charge on any atom is 0.290 e. The highest BCUT2D eigenvalue weighted by atomic mass is 16.6. The fourth-order valence-corrected chi connectivity index (χ4v) is 4.01. The molecule has 8 heteroatoms. The van der Waals surface area contributed by atoms with Crippen molar-refractivity contribution in [2.45, 2.75) is 45.1 Å². The zero-order valence-corrected chi connectivity index (χ0v) is 16.3. The number of anilines is 1. The van der Waals surface area contributed by atoms with Crippen molar-refractivity contribution in [2.75, 3.05) is 44.7 Å². The number of rotatable bonds is 5. The first kappa shape index (κ1) is 19.5. The number of aromatic nitrogens is 1. The molecule has 0 spiro atoms. The summed E-state index contributed by atoms with van der Waals surface area (Å²) in [7, 11) is 1.94. The topological polar surface area (TPSA) is 82.8 Å². The fraction of sp³-hybridized carbons (Fsp3) is 0.684. The number of amides is 1. The standard InChI is InChI=1S/C19H29N5O3/c1-15-12-18(20-13-17(15)24(26)27)23-10-8-22(9-11-23)14-19(25)21(2)16-6-4-3-5-7-16/h12-13,16H,3-11,14H2,1-2H3. The number of carbonyl (C=O) groups is 1. The van der Waals surface area contributed by atoms with Crippen LogP contribution in [0.15, 0.2) is 12.3 Å². The van der Waals surface area contributed by atoms with Crippen LogP contribution in [-0.4, -0.2) is 71.4 Å². The summed E-state index contributed by atoms with van der Waals surface area (Å²) in [5.41, 5.74) is 0.672. The molecule has 0 atom stereocenters. The highest BCUT2D eigenvalue weighted by Crippen LogP contribution is 2.23. The van der Waals surface area contributed by atoms with Crippen LogP contribution in [0.3, 0.4) is 0 Å². The van der Waals surface area contributed by atoms with E-state index in [1.807, 2.05) is 11.9 Å². The molecule has 1 saturated heterocycles. The molecule has 1 amide bonds. The van der Waals surface area contributed by atoms with E-state index in [-0.39, 0.29) is 11.6 Å². The lowest BCUT2D eigenvalue weighted by Gasteiger charge is -2.37. The van der Waals surface area contributed by atoms with Crippen molar-refractivity contribution in [1.29, 1.82) is 0 Å². The number of nitrogens with zero attached hydrogens (tertiary/aromatic N) is 5. The molecule has 2 fully saturated rings. The first-order chi connectivity index (χ1) is 13.0. The zero-order chi connectivity index (χ0) is 19.4. The Morgan fingerprint density at radius 1 is 1.26 bits per heavy atom. The molecule has 1 aliphatic carbocycles. The Balaban J connectivity index is 1.50. The van der Waals surface area contributed by atoms with Gasteiger partial charge in [-0.3, -0.25) is 19.8 Å². The smallest absolute Gasteiger partial charge is 0.290 e. The molecule has 0 aromatic carbocycles. The van der Waals surface area contributed by atoms with Gasteiger partial charge >= 0.3 is 0 Å². The molecular weight excluding hydrogens is 346 g/mol. The van der Waals surface area contributed by atoms with Crippen molar-refractivity contribution >= 4 is 17.4 Å². The average Bonchev–Trinajstić information content (AvgIpc) is 2.68. The number of aryl methyl sites for hydroxylation is 1. The Morgan fingerprint density at radius 2 is 1.93 bits per heavy atom. The quantitative estimate of drug-likeness (QED) is 0.580. The Bertz CT molecular complexity index is 682. The number of nitro groups is 1. The molecule has 2 heterocycles. The molecule has 0 N–H and O–H groups in total. The summed E-state index contributed by atoms with van der Waals surface area (Å²) in [4.78, 5) is 33.7. The summed E-state index contributed by atoms with van der Waals surface area (Å²) in [6.45, 7) is 5.33. The van der Waals surface area contributed by atoms with E-state index in [0.29, 0.717) is 18.2 Å². The van der Waals surface area contributed by atoms with Gasteiger partial charge in [0.25, 0.3) is 5.69 Å². The van der Waals surface area contributed by atoms with Gasteiger partial charge in [0.1, 0.15) is 12.0 Å². The number of hydrogen-bond acceptors (Lipinski definition) is 6. The van der Waals surface area contributed by atoms with E-state index in [9.17, 15) is 14.9 Å². The summed E-state index contributed by atoms with van der Waals surface area (Å²) in [6, 6.07) is 2.18. The molecule has 1 aromatic rings. The van der Waals surface area contributed by atoms with Crippen molar-refractivity contribution < 1.29 is 9.72 Å². The zero-order valence-electron chi connectivity index (χ0n) is 16.3. The molecule has 1 aliphatic heterocycles. The number of piperazine rings is 1. The van der Waals surface area contributed by atoms with E-state index in [1.165, 1.54) is 25.5 Å². The fourth-order valence-electron chi connectivity index (χ4n) is 4.01. The van der Waals surface area contributed by atoms with Crippen LogP contribution in [0.5, 0.6) is 0 Å². The van der Waals surface area contributed by atoms with Crippen molar-refractivity contribution in [3.8, 4) is 0 Å². The van der Waals surface area contributed by atoms with Gasteiger partial charge in [0.15, 0.2) is 0 Å². The van der Waals surface area contributed by atoms with E-state index in [2.05, 4.69) is 14.8 Å². The lowest BCUT2D eigenvalue weighted by atomic mass is 9.94. The van der Waals surface area contributed by atoms with Crippen LogP contribution >= 0.6 is 0 Å². The monoisotopic (exact) mass is 375 g/mol. The van der Waals surface area contributed by atoms with E-state index in [1.54, 1.807) is 13.0 Å². The third-order valence-corrected chi connectivity index (χ3v) is 5.84. The van der Waals surface area contributed by atoms with Crippen LogP contribution in [0.1, 0.15) is 37.7 Å². The molecule has 2 aliphatic rings. The predicted molar refractivity (Wildman–Crippen MR) is 104 cm³/mol. The molecule has 1 saturated carbocycles. The molecule has 0 unspecified atom stereocenters. The van der Waals surface area contributed by atoms with E-state index in [4.69, 9.17) is 0 Å². The van der Waals surface area contributed by atoms with Gasteiger partial charge in [-0.1, -0.05) is 19.3 Å². The van der Waals surface area contributed by atoms with Crippen LogP contribution in [0, 0.1) is 17.0 Å². The third-order valence-electron chi connectivity index (χ3n) is 5.84. The Morgan fingerprint density at radius 3 is 2.52 bits per heavy atom. The van der Waals surface area contributed by atoms with Gasteiger partial charge in [0.05, 0.1) is 11.5 Å². The predicted octanol–water partition coefficient (Wildman–Crippen LogP) is 2.21. The number of likely N-dealkylation sites (N-methyl/N-ethyl adjacent to an activating group) is 1. The van der Waals surface area contributed by atoms with Crippen molar-refractivity contribution in [3.05, 3.63) is 27.9 Å². The average molecular weight is 375 g/mol. The van der Waals surface area contributed by atoms with Crippen LogP contribution < -0.4 is 4.90 Å². The molecule has 0 bridgehead atoms. The molecule has 1 aromatic heterocycles. The van der Waals surface area contributed by atoms with Gasteiger partial charge in [-0.05, 0) is 25.8 Å². The van der Waals surface area contributed by atoms with Crippen LogP contribution in [0.4, 0.5) is 11.5 Å². The second kappa shape index (κ2) is 8.65. The Hall–Kier alpha value is -2.22. The number of carbonyl (C=O) groups excluding carboxylic acids is 1. The minimum Gasteiger partial charge on any atom is -0.354 e. The highest BCUT2D eigenvalue weighted by molar-refractivity contribution is 5.78. The number of pyridine rings is 1. The second-order valence-electron chi connectivity index (χ2n) is 7.65. The van der Waals surface area contributed by atoms with Crippen LogP contribution in [0.25, 0.3) is 0 Å². The summed E-state index contributed by atoms with van der Waals surface area (Å²) < 4.78 is 0. The second-order valence-corrected chi connectivity index (χ2v) is 7.65. The highest BCUT2D eigenvalue weighted by Gasteiger charge is 2.26. The molecule has 148 valence electrons. The van der Waals surface area contributed by atoms with Crippen molar-refractivity contribution in [3.63, 3.8) is 0 Å². The molecule has 8 nitrogen and oxygen atoms in total. The van der Waals surface area contributed by atoms with Gasteiger partial charge < -0.3 is 9.80 Å². The van der Waals surface area contributed by atoms with Crippen molar-refractivity contribution in [2.24, 2.45) is 0 Å². The molecule has 27 heavy (non-hydrogen) atoms. The lowest BCUT2D eigenvalue weighted by molar-refractivity contribution is -0.385. The largest absolute Gasteiger partial charge is 0.354 e. The maximum absolute atomic E-state index is 12.6. The summed E-state index contributed by atoms with van der Waals surface area (Å²) in [5.74, 6) is 0.975. The van der Waals surface area contributed by atoms with E-state index < -0.39 is 4.92 Å². The Kier molecular flexibility index (Phi) is 6.26. The van der Waals surface area contributed by atoms with E-state index >= 15 is 0 Å². The lowest BCUT2D eigenvalue weighted by Crippen LogP contribution is -2.51. The maximum atomic E-state index is 12.6. The minimum absolute atomic E-state index is 0.0498. The summed E-state index contributed by atoms with van der Waals surface area (Å²) >= 11 is 0. The summed E-state index contributed by atoms with van der Waals surface area (Å²) in [5, 5.41) is 10.9. The summed E-state index contributed by atoms with van der Waals surface area (Å²) in [6.07, 6.45) is 7.32. The van der Waals surface area contributed by atoms with Crippen LogP contribution in [-0.2, 0) is 4.79 Å². The van der Waals surface area contributed by atoms with Crippen molar-refractivity contribution in [1.82, 2.24) is 14.8 Å². The normalized spacial score (nSPS) is 19.1. The first-order valence-corrected chi connectivity index (χ1v) is 9.79. The molecule has 0 radical (unpaired) electrons. The minimum atomic E-state index is -0.404. The molecular formula is C19H29N5O3. The SMILES string of the molecule is Cc1cc(N2CCN(CC(=O)N(C)C3CCCCC3)CC2)ncc1[N+](=O)[O-]. The molecule has 3 rings (SSSR count). The third kappa shape index (κ3) is 4.74. The van der Waals surface area contributed by atoms with Gasteiger partial charge in [-0.25, -0.2) is 4.98 Å². The van der Waals surface area contributed by atoms with Crippen LogP contribution in [0.2, 0.25) is 0 Å². The van der Waals surface area contributed by atoms with Gasteiger partial charge in [-0.2, -0.15) is 0 Å². The number of hydrogen-bond donors (Lipinski definition) is 0. The Labute approximate surface area is 160 Å². The first-order valence-electron chi connectivity index (χ1n) is 9.79. The van der Waals surface area contributed by atoms with Gasteiger partial charge in [-0.15, -0.1) is 0 Å².